The van der Waals surface area contributed by atoms with Gasteiger partial charge in [-0.1, -0.05) is 11.8 Å². The highest BCUT2D eigenvalue weighted by atomic mass is 32.2. The van der Waals surface area contributed by atoms with E-state index in [0.717, 1.165) is 5.56 Å². The molecule has 1 atom stereocenters. The Kier molecular flexibility index (Phi) is 3.46. The van der Waals surface area contributed by atoms with Crippen LogP contribution < -0.4 is 5.32 Å². The minimum Gasteiger partial charge on any atom is -0.472 e. The van der Waals surface area contributed by atoms with Crippen LogP contribution in [0.15, 0.2) is 39.4 Å². The van der Waals surface area contributed by atoms with Crippen molar-refractivity contribution in [3.05, 3.63) is 35.4 Å². The number of aromatic nitrogens is 3. The number of furan rings is 1. The zero-order valence-corrected chi connectivity index (χ0v) is 12.6. The number of carbonyl (C=O) groups excluding carboxylic acids is 1. The quantitative estimate of drug-likeness (QED) is 0.686. The van der Waals surface area contributed by atoms with Gasteiger partial charge in [-0.25, -0.2) is 9.48 Å². The molecule has 110 valence electrons. The van der Waals surface area contributed by atoms with E-state index in [4.69, 9.17) is 9.15 Å². The SMILES string of the molecule is COC(=O)C1=C(C)Nc2nc(SC)nn2[C@@H]1c1ccoc1. The maximum Gasteiger partial charge on any atom is 0.338 e. The van der Waals surface area contributed by atoms with Crippen molar-refractivity contribution < 1.29 is 13.9 Å². The summed E-state index contributed by atoms with van der Waals surface area (Å²) < 4.78 is 11.7. The topological polar surface area (TPSA) is 82.2 Å². The van der Waals surface area contributed by atoms with Crippen molar-refractivity contribution in [1.29, 1.82) is 0 Å². The maximum atomic E-state index is 12.2. The number of thioether (sulfide) groups is 1. The number of anilines is 1. The van der Waals surface area contributed by atoms with Gasteiger partial charge in [-0.15, -0.1) is 5.10 Å². The number of fused-ring (bicyclic) bond motifs is 1. The van der Waals surface area contributed by atoms with Crippen molar-refractivity contribution in [2.45, 2.75) is 18.1 Å². The van der Waals surface area contributed by atoms with E-state index in [2.05, 4.69) is 15.4 Å². The second-order valence-corrected chi connectivity index (χ2v) is 5.25. The molecular formula is C13H14N4O3S. The number of rotatable bonds is 3. The van der Waals surface area contributed by atoms with E-state index < -0.39 is 12.0 Å². The molecule has 0 amide bonds. The van der Waals surface area contributed by atoms with E-state index in [-0.39, 0.29) is 0 Å². The molecule has 0 unspecified atom stereocenters. The van der Waals surface area contributed by atoms with Crippen LogP contribution in [0.5, 0.6) is 0 Å². The van der Waals surface area contributed by atoms with Crippen LogP contribution in [0.25, 0.3) is 0 Å². The Morgan fingerprint density at radius 1 is 1.57 bits per heavy atom. The Morgan fingerprint density at radius 3 is 3.00 bits per heavy atom. The number of methoxy groups -OCH3 is 1. The van der Waals surface area contributed by atoms with Crippen molar-refractivity contribution in [3.8, 4) is 0 Å². The zero-order chi connectivity index (χ0) is 15.0. The molecule has 7 nitrogen and oxygen atoms in total. The Labute approximate surface area is 125 Å². The molecule has 0 aromatic carbocycles. The first-order chi connectivity index (χ1) is 10.2. The summed E-state index contributed by atoms with van der Waals surface area (Å²) in [6.45, 7) is 1.82. The molecule has 0 spiro atoms. The molecule has 0 fully saturated rings. The normalized spacial score (nSPS) is 17.4. The molecule has 3 heterocycles. The third kappa shape index (κ3) is 2.21. The van der Waals surface area contributed by atoms with Gasteiger partial charge in [0.15, 0.2) is 0 Å². The van der Waals surface area contributed by atoms with Gasteiger partial charge in [0.05, 0.1) is 25.2 Å². The maximum absolute atomic E-state index is 12.2. The molecule has 0 radical (unpaired) electrons. The number of nitrogens with zero attached hydrogens (tertiary/aromatic N) is 3. The molecule has 1 N–H and O–H groups in total. The predicted molar refractivity (Wildman–Crippen MR) is 77.0 cm³/mol. The summed E-state index contributed by atoms with van der Waals surface area (Å²) >= 11 is 1.44. The van der Waals surface area contributed by atoms with Crippen LogP contribution in [0.2, 0.25) is 0 Å². The Hall–Kier alpha value is -2.22. The largest absolute Gasteiger partial charge is 0.472 e. The van der Waals surface area contributed by atoms with Crippen LogP contribution in [-0.2, 0) is 9.53 Å². The number of hydrogen-bond donors (Lipinski definition) is 1. The summed E-state index contributed by atoms with van der Waals surface area (Å²) in [6, 6.07) is 1.39. The lowest BCUT2D eigenvalue weighted by atomic mass is 9.98. The number of carbonyl (C=O) groups is 1. The first kappa shape index (κ1) is 13.7. The number of esters is 1. The van der Waals surface area contributed by atoms with Gasteiger partial charge in [-0.05, 0) is 19.2 Å². The molecule has 1 aliphatic rings. The number of allylic oxidation sites excluding steroid dienone is 1. The van der Waals surface area contributed by atoms with E-state index in [0.29, 0.717) is 22.4 Å². The second kappa shape index (κ2) is 5.28. The second-order valence-electron chi connectivity index (χ2n) is 4.48. The lowest BCUT2D eigenvalue weighted by Crippen LogP contribution is -2.29. The average Bonchev–Trinajstić information content (AvgIpc) is 3.13. The number of nitrogens with one attached hydrogen (secondary N) is 1. The molecule has 3 rings (SSSR count). The predicted octanol–water partition coefficient (Wildman–Crippen LogP) is 2.05. The van der Waals surface area contributed by atoms with E-state index >= 15 is 0 Å². The standard InChI is InChI=1S/C13H14N4O3S/c1-7-9(11(18)19-2)10(8-4-5-20-6-8)17-12(14-7)15-13(16-17)21-3/h4-6,10H,1-3H3,(H,14,15,16)/t10-/m1/s1. The molecule has 1 aliphatic heterocycles. The van der Waals surface area contributed by atoms with Gasteiger partial charge in [0.1, 0.15) is 6.04 Å². The van der Waals surface area contributed by atoms with Crippen molar-refractivity contribution in [3.63, 3.8) is 0 Å². The monoisotopic (exact) mass is 306 g/mol. The number of hydrogen-bond acceptors (Lipinski definition) is 7. The van der Waals surface area contributed by atoms with Crippen LogP contribution >= 0.6 is 11.8 Å². The fourth-order valence-corrected chi connectivity index (χ4v) is 2.68. The van der Waals surface area contributed by atoms with Gasteiger partial charge in [0, 0.05) is 11.3 Å². The van der Waals surface area contributed by atoms with Gasteiger partial charge in [-0.2, -0.15) is 4.98 Å². The lowest BCUT2D eigenvalue weighted by Gasteiger charge is -2.26. The minimum absolute atomic E-state index is 0.405. The molecule has 8 heteroatoms. The molecule has 0 aliphatic carbocycles. The van der Waals surface area contributed by atoms with E-state index in [1.807, 2.05) is 13.2 Å². The van der Waals surface area contributed by atoms with Crippen molar-refractivity contribution in [2.24, 2.45) is 0 Å². The summed E-state index contributed by atoms with van der Waals surface area (Å²) in [5.74, 6) is 0.189. The molecule has 2 aromatic heterocycles. The van der Waals surface area contributed by atoms with Crippen molar-refractivity contribution in [1.82, 2.24) is 14.8 Å². The summed E-state index contributed by atoms with van der Waals surface area (Å²) in [6.07, 6.45) is 5.06. The third-order valence-corrected chi connectivity index (χ3v) is 3.82. The van der Waals surface area contributed by atoms with Crippen LogP contribution in [0.4, 0.5) is 5.95 Å². The van der Waals surface area contributed by atoms with Gasteiger partial charge < -0.3 is 14.5 Å². The smallest absolute Gasteiger partial charge is 0.338 e. The first-order valence-corrected chi connectivity index (χ1v) is 7.47. The van der Waals surface area contributed by atoms with Crippen LogP contribution in [0.3, 0.4) is 0 Å². The molecule has 0 saturated heterocycles. The highest BCUT2D eigenvalue weighted by molar-refractivity contribution is 7.98. The fraction of sp³-hybridized carbons (Fsp3) is 0.308. The summed E-state index contributed by atoms with van der Waals surface area (Å²) in [7, 11) is 1.36. The zero-order valence-electron chi connectivity index (χ0n) is 11.8. The summed E-state index contributed by atoms with van der Waals surface area (Å²) in [5, 5.41) is 8.16. The van der Waals surface area contributed by atoms with Crippen LogP contribution in [0, 0.1) is 0 Å². The Bertz CT molecular complexity index is 705. The average molecular weight is 306 g/mol. The van der Waals surface area contributed by atoms with E-state index in [1.165, 1.54) is 18.9 Å². The van der Waals surface area contributed by atoms with Gasteiger partial charge in [-0.3, -0.25) is 0 Å². The molecular weight excluding hydrogens is 292 g/mol. The van der Waals surface area contributed by atoms with Crippen LogP contribution in [0.1, 0.15) is 18.5 Å². The third-order valence-electron chi connectivity index (χ3n) is 3.28. The molecule has 0 saturated carbocycles. The first-order valence-electron chi connectivity index (χ1n) is 6.24. The van der Waals surface area contributed by atoms with Crippen molar-refractivity contribution in [2.75, 3.05) is 18.7 Å². The van der Waals surface area contributed by atoms with Gasteiger partial charge in [0.25, 0.3) is 0 Å². The summed E-state index contributed by atoms with van der Waals surface area (Å²) in [5.41, 5.74) is 2.00. The van der Waals surface area contributed by atoms with Gasteiger partial charge >= 0.3 is 5.97 Å². The van der Waals surface area contributed by atoms with E-state index in [9.17, 15) is 4.79 Å². The molecule has 2 aromatic rings. The lowest BCUT2D eigenvalue weighted by molar-refractivity contribution is -0.136. The Morgan fingerprint density at radius 2 is 2.38 bits per heavy atom. The molecule has 21 heavy (non-hydrogen) atoms. The minimum atomic E-state index is -0.416. The van der Waals surface area contributed by atoms with Crippen LogP contribution in [-0.4, -0.2) is 34.1 Å². The van der Waals surface area contributed by atoms with Crippen molar-refractivity contribution >= 4 is 23.7 Å². The fourth-order valence-electron chi connectivity index (χ4n) is 2.33. The summed E-state index contributed by atoms with van der Waals surface area (Å²) in [4.78, 5) is 16.5. The number of ether oxygens (including phenoxy) is 1. The Balaban J connectivity index is 2.17. The highest BCUT2D eigenvalue weighted by Crippen LogP contribution is 2.36. The molecule has 0 bridgehead atoms. The van der Waals surface area contributed by atoms with Gasteiger partial charge in [0.2, 0.25) is 11.1 Å². The van der Waals surface area contributed by atoms with E-state index in [1.54, 1.807) is 23.3 Å². The highest BCUT2D eigenvalue weighted by Gasteiger charge is 2.35.